The van der Waals surface area contributed by atoms with E-state index in [0.29, 0.717) is 53.8 Å². The van der Waals surface area contributed by atoms with Gasteiger partial charge in [0.25, 0.3) is 5.91 Å². The van der Waals surface area contributed by atoms with Crippen LogP contribution in [-0.4, -0.2) is 68.5 Å². The summed E-state index contributed by atoms with van der Waals surface area (Å²) in [6.07, 6.45) is 7.83. The molecule has 2 saturated heterocycles. The zero-order chi connectivity index (χ0) is 27.8. The number of nitrogens with two attached hydrogens (primary N) is 1. The van der Waals surface area contributed by atoms with Crippen molar-refractivity contribution in [2.75, 3.05) is 5.73 Å². The number of ketones is 1. The molecule has 0 radical (unpaired) electrons. The number of pyridine rings is 1. The summed E-state index contributed by atoms with van der Waals surface area (Å²) in [5, 5.41) is 22.6. The minimum atomic E-state index is -1.69. The number of hydrogen-bond donors (Lipinski definition) is 3. The topological polar surface area (TPSA) is 168 Å². The van der Waals surface area contributed by atoms with Gasteiger partial charge in [0.1, 0.15) is 12.1 Å². The highest BCUT2D eigenvalue weighted by Crippen LogP contribution is 2.45. The second-order valence-corrected chi connectivity index (χ2v) is 10.7. The van der Waals surface area contributed by atoms with Gasteiger partial charge in [0.2, 0.25) is 5.82 Å². The molecular weight excluding hydrogens is 498 g/mol. The summed E-state index contributed by atoms with van der Waals surface area (Å²) in [5.41, 5.74) is 10.8. The van der Waals surface area contributed by atoms with Crippen molar-refractivity contribution >= 4 is 23.2 Å². The van der Waals surface area contributed by atoms with E-state index in [9.17, 15) is 14.7 Å². The number of aryl methyl sites for hydroxylation is 1. The van der Waals surface area contributed by atoms with Crippen molar-refractivity contribution in [3.8, 4) is 11.1 Å². The van der Waals surface area contributed by atoms with Gasteiger partial charge in [-0.25, -0.2) is 4.98 Å². The molecular formula is C27H29N9O3. The zero-order valence-electron chi connectivity index (χ0n) is 22.5. The van der Waals surface area contributed by atoms with Gasteiger partial charge >= 0.3 is 0 Å². The van der Waals surface area contributed by atoms with Crippen molar-refractivity contribution in [1.82, 2.24) is 39.7 Å². The molecule has 1 amide bonds. The number of rotatable bonds is 4. The summed E-state index contributed by atoms with van der Waals surface area (Å²) in [4.78, 5) is 40.2. The van der Waals surface area contributed by atoms with Gasteiger partial charge in [0.05, 0.1) is 30.6 Å². The molecule has 0 aromatic carbocycles. The van der Waals surface area contributed by atoms with Crippen LogP contribution in [0.15, 0.2) is 24.8 Å². The number of nitrogens with one attached hydrogen (secondary N) is 1. The van der Waals surface area contributed by atoms with Crippen molar-refractivity contribution in [2.45, 2.75) is 76.0 Å². The number of aliphatic hydroxyl groups is 1. The SMILES string of the molecule is [2H]C1(O)CCCc2cc(-c3cnn4c(N)c(C(C)=O)c(C5CC6CC[C@H](C5)N6C(=O)c5nnc[nH]5)nc34)cnc21. The Hall–Kier alpha value is -4.19. The van der Waals surface area contributed by atoms with Crippen LogP contribution in [-0.2, 0) is 6.42 Å². The lowest BCUT2D eigenvalue weighted by molar-refractivity contribution is 0.0556. The minimum absolute atomic E-state index is 0.00161. The molecule has 7 rings (SSSR count). The molecule has 3 unspecified atom stereocenters. The van der Waals surface area contributed by atoms with Crippen LogP contribution < -0.4 is 5.73 Å². The van der Waals surface area contributed by atoms with Gasteiger partial charge in [-0.05, 0) is 63.5 Å². The summed E-state index contributed by atoms with van der Waals surface area (Å²) in [5.74, 6) is 0.0604. The van der Waals surface area contributed by atoms with E-state index in [2.05, 4.69) is 25.3 Å². The Morgan fingerprint density at radius 2 is 1.97 bits per heavy atom. The van der Waals surface area contributed by atoms with Crippen molar-refractivity contribution < 1.29 is 16.1 Å². The Labute approximate surface area is 225 Å². The molecule has 3 aliphatic rings. The Kier molecular flexibility index (Phi) is 5.22. The first-order chi connectivity index (χ1) is 19.2. The van der Waals surface area contributed by atoms with Crippen molar-refractivity contribution in [3.63, 3.8) is 0 Å². The number of carbonyl (C=O) groups is 2. The van der Waals surface area contributed by atoms with Crippen molar-refractivity contribution in [1.29, 1.82) is 0 Å². The van der Waals surface area contributed by atoms with E-state index in [1.165, 1.54) is 17.8 Å². The number of fused-ring (bicyclic) bond motifs is 4. The monoisotopic (exact) mass is 528 g/mol. The van der Waals surface area contributed by atoms with Crippen molar-refractivity contribution in [2.24, 2.45) is 0 Å². The summed E-state index contributed by atoms with van der Waals surface area (Å²) in [6.45, 7) is 1.49. The van der Waals surface area contributed by atoms with Crippen LogP contribution in [0.4, 0.5) is 5.82 Å². The second-order valence-electron chi connectivity index (χ2n) is 10.7. The van der Waals surface area contributed by atoms with E-state index in [0.717, 1.165) is 30.4 Å². The van der Waals surface area contributed by atoms with Gasteiger partial charge in [-0.15, -0.1) is 10.2 Å². The van der Waals surface area contributed by atoms with Crippen LogP contribution in [0.3, 0.4) is 0 Å². The maximum absolute atomic E-state index is 13.1. The highest BCUT2D eigenvalue weighted by Gasteiger charge is 2.45. The molecule has 4 N–H and O–H groups in total. The van der Waals surface area contributed by atoms with Gasteiger partial charge in [0, 0.05) is 35.3 Å². The fourth-order valence-corrected chi connectivity index (χ4v) is 6.73. The molecule has 200 valence electrons. The quantitative estimate of drug-likeness (QED) is 0.337. The lowest BCUT2D eigenvalue weighted by Crippen LogP contribution is -2.46. The number of amides is 1. The molecule has 39 heavy (non-hydrogen) atoms. The van der Waals surface area contributed by atoms with Crippen LogP contribution >= 0.6 is 0 Å². The smallest absolute Gasteiger partial charge is 0.292 e. The molecule has 12 nitrogen and oxygen atoms in total. The van der Waals surface area contributed by atoms with Gasteiger partial charge < -0.3 is 20.7 Å². The first-order valence-corrected chi connectivity index (χ1v) is 13.3. The molecule has 6 heterocycles. The van der Waals surface area contributed by atoms with E-state index >= 15 is 0 Å². The molecule has 4 atom stereocenters. The Morgan fingerprint density at radius 3 is 2.69 bits per heavy atom. The molecule has 0 saturated carbocycles. The Bertz CT molecular complexity index is 1650. The van der Waals surface area contributed by atoms with E-state index in [1.807, 2.05) is 11.0 Å². The average Bonchev–Trinajstić information content (AvgIpc) is 3.66. The fourth-order valence-electron chi connectivity index (χ4n) is 6.73. The first-order valence-electron chi connectivity index (χ1n) is 13.8. The number of hydrogen-bond acceptors (Lipinski definition) is 9. The number of Topliss-reactive ketones (excluding diaryl/α,β-unsaturated/α-hetero) is 1. The van der Waals surface area contributed by atoms with Crippen LogP contribution in [0.25, 0.3) is 16.8 Å². The third-order valence-corrected chi connectivity index (χ3v) is 8.45. The molecule has 2 bridgehead atoms. The standard InChI is InChI=1S/C27H29N9O3/c1-13(37)21-23(15-8-17-5-6-18(9-15)35(17)27(39)25-30-12-31-34-25)33-26-19(11-32-36(26)24(21)28)16-7-14-3-2-4-20(38)22(14)29-10-16/h7,10-12,15,17-18,20,38H,2-6,8-9,28H2,1H3,(H,30,31,34)/t15?,17-,18?,20?/m1/s1/i20D. The summed E-state index contributed by atoms with van der Waals surface area (Å²) >= 11 is 0. The number of H-pyrrole nitrogens is 1. The van der Waals surface area contributed by atoms with Gasteiger partial charge in [-0.2, -0.15) is 9.61 Å². The molecule has 4 aromatic heterocycles. The molecule has 2 aliphatic heterocycles. The molecule has 12 heteroatoms. The third kappa shape index (κ3) is 3.73. The maximum Gasteiger partial charge on any atom is 0.292 e. The van der Waals surface area contributed by atoms with Crippen LogP contribution in [0, 0.1) is 0 Å². The third-order valence-electron chi connectivity index (χ3n) is 8.45. The van der Waals surface area contributed by atoms with Crippen molar-refractivity contribution in [3.05, 3.63) is 53.1 Å². The number of nitrogen functional groups attached to an aromatic ring is 1. The number of aromatic nitrogens is 7. The minimum Gasteiger partial charge on any atom is -0.387 e. The fraction of sp³-hybridized carbons (Fsp3) is 0.444. The largest absolute Gasteiger partial charge is 0.387 e. The highest BCUT2D eigenvalue weighted by atomic mass is 16.3. The lowest BCUT2D eigenvalue weighted by atomic mass is 9.85. The number of piperidine rings is 1. The van der Waals surface area contributed by atoms with E-state index < -0.39 is 6.08 Å². The Morgan fingerprint density at radius 1 is 1.18 bits per heavy atom. The van der Waals surface area contributed by atoms with Crippen LogP contribution in [0.1, 0.15) is 96.7 Å². The average molecular weight is 529 g/mol. The van der Waals surface area contributed by atoms with E-state index in [4.69, 9.17) is 12.1 Å². The number of carbonyl (C=O) groups excluding carboxylic acids is 2. The first kappa shape index (κ1) is 22.8. The summed E-state index contributed by atoms with van der Waals surface area (Å²) in [7, 11) is 0. The Balaban J connectivity index is 1.29. The lowest BCUT2D eigenvalue weighted by Gasteiger charge is -2.38. The van der Waals surface area contributed by atoms with Gasteiger partial charge in [0.15, 0.2) is 11.4 Å². The number of anilines is 1. The van der Waals surface area contributed by atoms with E-state index in [-0.39, 0.29) is 41.3 Å². The predicted molar refractivity (Wildman–Crippen MR) is 140 cm³/mol. The predicted octanol–water partition coefficient (Wildman–Crippen LogP) is 2.61. The summed E-state index contributed by atoms with van der Waals surface area (Å²) in [6, 6.07) is 1.93. The molecule has 2 fully saturated rings. The summed E-state index contributed by atoms with van der Waals surface area (Å²) < 4.78 is 9.71. The van der Waals surface area contributed by atoms with Gasteiger partial charge in [-0.1, -0.05) is 0 Å². The van der Waals surface area contributed by atoms with E-state index in [1.54, 1.807) is 12.4 Å². The van der Waals surface area contributed by atoms with Gasteiger partial charge in [-0.3, -0.25) is 14.6 Å². The molecule has 0 spiro atoms. The maximum atomic E-state index is 13.1. The molecule has 4 aromatic rings. The zero-order valence-corrected chi connectivity index (χ0v) is 21.5. The number of aromatic amines is 1. The van der Waals surface area contributed by atoms with Crippen LogP contribution in [0.2, 0.25) is 0 Å². The van der Waals surface area contributed by atoms with Crippen LogP contribution in [0.5, 0.6) is 0 Å². The second kappa shape index (κ2) is 8.94. The normalized spacial score (nSPS) is 26.5. The molecule has 1 aliphatic carbocycles. The number of nitrogens with zero attached hydrogens (tertiary/aromatic N) is 7. The highest BCUT2D eigenvalue weighted by molar-refractivity contribution is 6.00.